The van der Waals surface area contributed by atoms with E-state index in [2.05, 4.69) is 20.5 Å². The van der Waals surface area contributed by atoms with Crippen LogP contribution in [0, 0.1) is 17.0 Å². The highest BCUT2D eigenvalue weighted by atomic mass is 16.6. The van der Waals surface area contributed by atoms with E-state index in [9.17, 15) is 14.9 Å². The Bertz CT molecular complexity index is 917. The molecule has 0 unspecified atom stereocenters. The zero-order valence-electron chi connectivity index (χ0n) is 14.1. The molecule has 10 nitrogen and oxygen atoms in total. The van der Waals surface area contributed by atoms with Gasteiger partial charge in [-0.05, 0) is 12.5 Å². The van der Waals surface area contributed by atoms with E-state index in [-0.39, 0.29) is 30.5 Å². The van der Waals surface area contributed by atoms with Crippen LogP contribution in [0.15, 0.2) is 42.9 Å². The summed E-state index contributed by atoms with van der Waals surface area (Å²) in [6.45, 7) is 2.38. The zero-order chi connectivity index (χ0) is 18.5. The molecule has 2 aromatic heterocycles. The number of rotatable bonds is 7. The summed E-state index contributed by atoms with van der Waals surface area (Å²) in [6.07, 6.45) is 2.83. The number of benzene rings is 1. The predicted octanol–water partition coefficient (Wildman–Crippen LogP) is 1.77. The number of carbonyl (C=O) groups excluding carboxylic acids is 1. The van der Waals surface area contributed by atoms with Gasteiger partial charge in [0.2, 0.25) is 11.9 Å². The quantitative estimate of drug-likeness (QED) is 0.509. The van der Waals surface area contributed by atoms with Gasteiger partial charge in [0.1, 0.15) is 18.2 Å². The second kappa shape index (κ2) is 7.55. The Morgan fingerprint density at radius 2 is 2.08 bits per heavy atom. The van der Waals surface area contributed by atoms with Crippen molar-refractivity contribution in [3.05, 3.63) is 64.2 Å². The number of nitrogens with one attached hydrogen (secondary N) is 1. The smallest absolute Gasteiger partial charge is 0.293 e. The molecule has 0 radical (unpaired) electrons. The standard InChI is InChI=1S/C16H17N7O3/c1-12-14(23(25)26)9-18-22(12)8-7-15(24)19-16-17-11-21(20-16)10-13-5-3-2-4-6-13/h2-6,9,11H,7-8,10H2,1H3,(H,19,20,24). The molecule has 0 spiro atoms. The summed E-state index contributed by atoms with van der Waals surface area (Å²) < 4.78 is 3.06. The largest absolute Gasteiger partial charge is 0.309 e. The van der Waals surface area contributed by atoms with Gasteiger partial charge in [-0.15, -0.1) is 5.10 Å². The van der Waals surface area contributed by atoms with Gasteiger partial charge in [0.05, 0.1) is 18.0 Å². The number of anilines is 1. The van der Waals surface area contributed by atoms with Crippen molar-refractivity contribution in [1.82, 2.24) is 24.5 Å². The van der Waals surface area contributed by atoms with Crippen LogP contribution in [0.2, 0.25) is 0 Å². The Morgan fingerprint density at radius 1 is 1.31 bits per heavy atom. The number of carbonyl (C=O) groups is 1. The van der Waals surface area contributed by atoms with Crippen molar-refractivity contribution < 1.29 is 9.72 Å². The fourth-order valence-electron chi connectivity index (χ4n) is 2.43. The molecular weight excluding hydrogens is 338 g/mol. The lowest BCUT2D eigenvalue weighted by Gasteiger charge is -2.04. The van der Waals surface area contributed by atoms with Crippen molar-refractivity contribution in [2.45, 2.75) is 26.4 Å². The lowest BCUT2D eigenvalue weighted by molar-refractivity contribution is -0.385. The van der Waals surface area contributed by atoms with Crippen LogP contribution in [-0.2, 0) is 17.9 Å². The maximum absolute atomic E-state index is 12.0. The highest BCUT2D eigenvalue weighted by Gasteiger charge is 2.17. The third-order valence-electron chi connectivity index (χ3n) is 3.80. The summed E-state index contributed by atoms with van der Waals surface area (Å²) in [6, 6.07) is 9.77. The van der Waals surface area contributed by atoms with Gasteiger partial charge in [-0.1, -0.05) is 30.3 Å². The molecule has 0 aliphatic rings. The molecule has 1 aromatic carbocycles. The Labute approximate surface area is 148 Å². The lowest BCUT2D eigenvalue weighted by atomic mass is 10.2. The number of aromatic nitrogens is 5. The maximum atomic E-state index is 12.0. The third kappa shape index (κ3) is 4.09. The molecule has 10 heteroatoms. The Kier molecular flexibility index (Phi) is 5.02. The molecule has 0 atom stereocenters. The second-order valence-corrected chi connectivity index (χ2v) is 5.65. The molecule has 26 heavy (non-hydrogen) atoms. The fourth-order valence-corrected chi connectivity index (χ4v) is 2.43. The molecule has 3 aromatic rings. The molecule has 0 saturated heterocycles. The minimum Gasteiger partial charge on any atom is -0.293 e. The van der Waals surface area contributed by atoms with E-state index in [0.717, 1.165) is 5.56 Å². The van der Waals surface area contributed by atoms with Crippen molar-refractivity contribution in [1.29, 1.82) is 0 Å². The maximum Gasteiger partial charge on any atom is 0.309 e. The first-order valence-corrected chi connectivity index (χ1v) is 7.93. The highest BCUT2D eigenvalue weighted by Crippen LogP contribution is 2.16. The SMILES string of the molecule is Cc1c([N+](=O)[O-])cnn1CCC(=O)Nc1ncn(Cc2ccccc2)n1. The van der Waals surface area contributed by atoms with Crippen molar-refractivity contribution >= 4 is 17.5 Å². The average Bonchev–Trinajstić information content (AvgIpc) is 3.20. The molecule has 0 bridgehead atoms. The van der Waals surface area contributed by atoms with Gasteiger partial charge >= 0.3 is 5.69 Å². The molecule has 2 heterocycles. The topological polar surface area (TPSA) is 121 Å². The third-order valence-corrected chi connectivity index (χ3v) is 3.80. The van der Waals surface area contributed by atoms with Crippen molar-refractivity contribution in [2.24, 2.45) is 0 Å². The van der Waals surface area contributed by atoms with Gasteiger partial charge in [0.15, 0.2) is 0 Å². The van der Waals surface area contributed by atoms with Crippen LogP contribution in [0.4, 0.5) is 11.6 Å². The Balaban J connectivity index is 1.53. The van der Waals surface area contributed by atoms with Crippen LogP contribution in [0.25, 0.3) is 0 Å². The van der Waals surface area contributed by atoms with Gasteiger partial charge in [0.25, 0.3) is 0 Å². The number of hydrogen-bond donors (Lipinski definition) is 1. The van der Waals surface area contributed by atoms with Crippen LogP contribution in [0.3, 0.4) is 0 Å². The number of aryl methyl sites for hydroxylation is 1. The number of hydrogen-bond acceptors (Lipinski definition) is 6. The van der Waals surface area contributed by atoms with Crippen LogP contribution in [0.5, 0.6) is 0 Å². The van der Waals surface area contributed by atoms with Gasteiger partial charge in [-0.3, -0.25) is 24.9 Å². The molecule has 0 saturated carbocycles. The fraction of sp³-hybridized carbons (Fsp3) is 0.250. The minimum absolute atomic E-state index is 0.0632. The monoisotopic (exact) mass is 355 g/mol. The number of nitrogens with zero attached hydrogens (tertiary/aromatic N) is 6. The molecule has 1 amide bonds. The molecule has 0 aliphatic heterocycles. The molecule has 0 fully saturated rings. The van der Waals surface area contributed by atoms with E-state index in [1.165, 1.54) is 10.9 Å². The van der Waals surface area contributed by atoms with Crippen molar-refractivity contribution in [2.75, 3.05) is 5.32 Å². The van der Waals surface area contributed by atoms with E-state index in [1.54, 1.807) is 17.9 Å². The number of nitro groups is 1. The van der Waals surface area contributed by atoms with E-state index in [4.69, 9.17) is 0 Å². The molecule has 3 rings (SSSR count). The molecule has 134 valence electrons. The minimum atomic E-state index is -0.498. The first kappa shape index (κ1) is 17.3. The average molecular weight is 355 g/mol. The lowest BCUT2D eigenvalue weighted by Crippen LogP contribution is -2.16. The van der Waals surface area contributed by atoms with Crippen LogP contribution >= 0.6 is 0 Å². The summed E-state index contributed by atoms with van der Waals surface area (Å²) in [5, 5.41) is 21.5. The number of amides is 1. The molecule has 1 N–H and O–H groups in total. The van der Waals surface area contributed by atoms with Crippen LogP contribution in [-0.4, -0.2) is 35.4 Å². The first-order valence-electron chi connectivity index (χ1n) is 7.93. The van der Waals surface area contributed by atoms with Gasteiger partial charge < -0.3 is 0 Å². The van der Waals surface area contributed by atoms with Crippen LogP contribution in [0.1, 0.15) is 17.7 Å². The molecular formula is C16H17N7O3. The Hall–Kier alpha value is -3.56. The van der Waals surface area contributed by atoms with Crippen molar-refractivity contribution in [3.63, 3.8) is 0 Å². The van der Waals surface area contributed by atoms with Gasteiger partial charge in [-0.25, -0.2) is 9.67 Å². The van der Waals surface area contributed by atoms with E-state index in [0.29, 0.717) is 12.2 Å². The normalized spacial score (nSPS) is 10.7. The van der Waals surface area contributed by atoms with E-state index < -0.39 is 4.92 Å². The van der Waals surface area contributed by atoms with Crippen LogP contribution < -0.4 is 5.32 Å². The summed E-state index contributed by atoms with van der Waals surface area (Å²) in [7, 11) is 0. The van der Waals surface area contributed by atoms with E-state index in [1.807, 2.05) is 30.3 Å². The summed E-state index contributed by atoms with van der Waals surface area (Å²) in [5.41, 5.74) is 1.42. The zero-order valence-corrected chi connectivity index (χ0v) is 14.1. The summed E-state index contributed by atoms with van der Waals surface area (Å²) >= 11 is 0. The Morgan fingerprint density at radius 3 is 2.77 bits per heavy atom. The first-order chi connectivity index (χ1) is 12.5. The summed E-state index contributed by atoms with van der Waals surface area (Å²) in [4.78, 5) is 26.4. The van der Waals surface area contributed by atoms with Gasteiger partial charge in [0, 0.05) is 6.42 Å². The predicted molar refractivity (Wildman–Crippen MR) is 92.4 cm³/mol. The highest BCUT2D eigenvalue weighted by molar-refractivity contribution is 5.88. The van der Waals surface area contributed by atoms with E-state index >= 15 is 0 Å². The summed E-state index contributed by atoms with van der Waals surface area (Å²) in [5.74, 6) is -0.0749. The second-order valence-electron chi connectivity index (χ2n) is 5.65. The molecule has 0 aliphatic carbocycles. The van der Waals surface area contributed by atoms with Crippen molar-refractivity contribution in [3.8, 4) is 0 Å². The van der Waals surface area contributed by atoms with Gasteiger partial charge in [-0.2, -0.15) is 5.10 Å².